The van der Waals surface area contributed by atoms with Crippen LogP contribution in [0.5, 0.6) is 0 Å². The maximum Gasteiger partial charge on any atom is 0.0541 e. The van der Waals surface area contributed by atoms with Crippen LogP contribution in [0.1, 0.15) is 55.5 Å². The minimum Gasteiger partial charge on any atom is -0.310 e. The molecule has 2 nitrogen and oxygen atoms in total. The molecule has 0 fully saturated rings. The second-order valence-corrected chi connectivity index (χ2v) is 20.9. The molecule has 0 N–H and O–H groups in total. The molecule has 1 heterocycles. The number of rotatable bonds is 6. The van der Waals surface area contributed by atoms with Crippen molar-refractivity contribution in [2.24, 2.45) is 0 Å². The van der Waals surface area contributed by atoms with Crippen molar-refractivity contribution >= 4 is 60.4 Å². The summed E-state index contributed by atoms with van der Waals surface area (Å²) in [7, 11) is 0. The minimum absolute atomic E-state index is 0.0837. The third-order valence-electron chi connectivity index (χ3n) is 16.2. The molecule has 2 aliphatic rings. The summed E-state index contributed by atoms with van der Waals surface area (Å²) in [5.74, 6) is 0. The van der Waals surface area contributed by atoms with Crippen molar-refractivity contribution in [3.63, 3.8) is 0 Å². The average Bonchev–Trinajstić information content (AvgIpc) is 3.95. The van der Waals surface area contributed by atoms with Crippen LogP contribution >= 0.6 is 0 Å². The number of aryl methyl sites for hydroxylation is 1. The molecule has 0 unspecified atom stereocenters. The van der Waals surface area contributed by atoms with Crippen LogP contribution in [0.15, 0.2) is 224 Å². The number of anilines is 3. The molecule has 2 heteroatoms. The van der Waals surface area contributed by atoms with E-state index in [0.29, 0.717) is 0 Å². The molecular formula is C69H52N2. The Labute approximate surface area is 415 Å². The van der Waals surface area contributed by atoms with Crippen LogP contribution in [-0.4, -0.2) is 4.57 Å². The highest BCUT2D eigenvalue weighted by atomic mass is 15.1. The van der Waals surface area contributed by atoms with Crippen molar-refractivity contribution in [3.8, 4) is 50.2 Å². The first-order valence-electron chi connectivity index (χ1n) is 25.1. The topological polar surface area (TPSA) is 8.17 Å². The second kappa shape index (κ2) is 15.3. The number of para-hydroxylation sites is 3. The number of aromatic nitrogens is 1. The smallest absolute Gasteiger partial charge is 0.0541 e. The summed E-state index contributed by atoms with van der Waals surface area (Å²) in [6.45, 7) is 11.8. The Bertz CT molecular complexity index is 4110. The molecule has 1 aromatic heterocycles. The predicted molar refractivity (Wildman–Crippen MR) is 301 cm³/mol. The van der Waals surface area contributed by atoms with Crippen molar-refractivity contribution in [3.05, 3.63) is 252 Å². The van der Waals surface area contributed by atoms with Crippen LogP contribution in [0.4, 0.5) is 17.1 Å². The summed E-state index contributed by atoms with van der Waals surface area (Å²) in [5.41, 5.74) is 23.8. The summed E-state index contributed by atoms with van der Waals surface area (Å²) in [4.78, 5) is 2.41. The van der Waals surface area contributed by atoms with E-state index in [2.05, 4.69) is 269 Å². The standard InChI is InChI=1S/C69H52N2/c1-43-27-35-58-59(39-43)67(45-29-36-51-50-19-11-14-24-60(50)68(2,3)61(51)41-45)57-23-10-9-22-56(57)66(58)44-28-37-52-53-38-34-49(42-63(53)69(4,5)62(52)40-44)70(46-17-7-6-8-18-46)47-30-32-48(33-31-47)71-64-25-15-12-20-54(64)55-21-13-16-26-65(55)71/h6-42H,1-5H3. The summed E-state index contributed by atoms with van der Waals surface area (Å²) in [5, 5.41) is 7.67. The van der Waals surface area contributed by atoms with Gasteiger partial charge in [0.05, 0.1) is 11.0 Å². The Balaban J connectivity index is 0.875. The van der Waals surface area contributed by atoms with Gasteiger partial charge in [0.25, 0.3) is 0 Å². The number of benzene rings is 11. The highest BCUT2D eigenvalue weighted by Crippen LogP contribution is 2.54. The van der Waals surface area contributed by atoms with Crippen LogP contribution in [0, 0.1) is 6.92 Å². The van der Waals surface area contributed by atoms with Gasteiger partial charge in [0.2, 0.25) is 0 Å². The van der Waals surface area contributed by atoms with Gasteiger partial charge in [-0.1, -0.05) is 185 Å². The molecule has 71 heavy (non-hydrogen) atoms. The Morgan fingerprint density at radius 1 is 0.324 bits per heavy atom. The van der Waals surface area contributed by atoms with Crippen LogP contribution in [0.3, 0.4) is 0 Å². The van der Waals surface area contributed by atoms with Gasteiger partial charge in [0, 0.05) is 44.4 Å². The van der Waals surface area contributed by atoms with Crippen LogP contribution < -0.4 is 4.90 Å². The number of hydrogen-bond donors (Lipinski definition) is 0. The van der Waals surface area contributed by atoms with E-state index in [4.69, 9.17) is 0 Å². The van der Waals surface area contributed by atoms with E-state index in [1.807, 2.05) is 0 Å². The third-order valence-corrected chi connectivity index (χ3v) is 16.2. The van der Waals surface area contributed by atoms with Crippen molar-refractivity contribution < 1.29 is 0 Å². The average molecular weight is 909 g/mol. The maximum absolute atomic E-state index is 2.51. The van der Waals surface area contributed by atoms with Gasteiger partial charge in [0.1, 0.15) is 0 Å². The largest absolute Gasteiger partial charge is 0.310 e. The van der Waals surface area contributed by atoms with Crippen molar-refractivity contribution in [2.45, 2.75) is 45.4 Å². The van der Waals surface area contributed by atoms with Gasteiger partial charge in [-0.05, 0) is 168 Å². The highest BCUT2D eigenvalue weighted by Gasteiger charge is 2.38. The van der Waals surface area contributed by atoms with E-state index in [0.717, 1.165) is 22.7 Å². The first-order chi connectivity index (χ1) is 34.6. The molecule has 338 valence electrons. The van der Waals surface area contributed by atoms with Gasteiger partial charge >= 0.3 is 0 Å². The lowest BCUT2D eigenvalue weighted by Gasteiger charge is -2.28. The molecule has 0 aliphatic heterocycles. The van der Waals surface area contributed by atoms with E-state index in [1.54, 1.807) is 0 Å². The monoisotopic (exact) mass is 908 g/mol. The van der Waals surface area contributed by atoms with Crippen LogP contribution in [-0.2, 0) is 10.8 Å². The summed E-state index contributed by atoms with van der Waals surface area (Å²) in [6.07, 6.45) is 0. The van der Waals surface area contributed by atoms with Crippen molar-refractivity contribution in [2.75, 3.05) is 4.90 Å². The normalized spacial score (nSPS) is 13.9. The fraction of sp³-hybridized carbons (Fsp3) is 0.101. The molecule has 0 radical (unpaired) electrons. The summed E-state index contributed by atoms with van der Waals surface area (Å²) in [6, 6.07) is 84.1. The second-order valence-electron chi connectivity index (χ2n) is 20.9. The Morgan fingerprint density at radius 2 is 0.775 bits per heavy atom. The van der Waals surface area contributed by atoms with Gasteiger partial charge in [-0.15, -0.1) is 0 Å². The lowest BCUT2D eigenvalue weighted by atomic mass is 9.79. The number of nitrogens with zero attached hydrogens (tertiary/aromatic N) is 2. The highest BCUT2D eigenvalue weighted by molar-refractivity contribution is 6.22. The van der Waals surface area contributed by atoms with Crippen molar-refractivity contribution in [1.82, 2.24) is 4.57 Å². The van der Waals surface area contributed by atoms with E-state index >= 15 is 0 Å². The predicted octanol–water partition coefficient (Wildman–Crippen LogP) is 18.8. The zero-order valence-electron chi connectivity index (χ0n) is 40.8. The zero-order chi connectivity index (χ0) is 47.8. The third kappa shape index (κ3) is 6.07. The van der Waals surface area contributed by atoms with E-state index < -0.39 is 0 Å². The van der Waals surface area contributed by atoms with Gasteiger partial charge in [0.15, 0.2) is 0 Å². The van der Waals surface area contributed by atoms with E-state index in [9.17, 15) is 0 Å². The molecular weight excluding hydrogens is 857 g/mol. The summed E-state index contributed by atoms with van der Waals surface area (Å²) >= 11 is 0. The SMILES string of the molecule is Cc1ccc2c(-c3ccc4c(c3)C(C)(C)c3cc(N(c5ccccc5)c5ccc(-n6c7ccccc7c7ccccc76)cc5)ccc3-4)c3ccccc3c(-c3ccc4c(c3)C(C)(C)c3ccccc3-4)c2c1. The minimum atomic E-state index is -0.254. The molecule has 12 aromatic rings. The van der Waals surface area contributed by atoms with Gasteiger partial charge in [-0.25, -0.2) is 0 Å². The fourth-order valence-electron chi connectivity index (χ4n) is 12.8. The molecule has 0 bridgehead atoms. The van der Waals surface area contributed by atoms with Crippen LogP contribution in [0.2, 0.25) is 0 Å². The number of fused-ring (bicyclic) bond motifs is 11. The molecule has 0 spiro atoms. The van der Waals surface area contributed by atoms with Gasteiger partial charge < -0.3 is 9.47 Å². The quantitative estimate of drug-likeness (QED) is 0.151. The molecule has 0 saturated heterocycles. The zero-order valence-corrected chi connectivity index (χ0v) is 40.8. The molecule has 14 rings (SSSR count). The first kappa shape index (κ1) is 41.5. The van der Waals surface area contributed by atoms with Gasteiger partial charge in [-0.3, -0.25) is 0 Å². The molecule has 11 aromatic carbocycles. The lowest BCUT2D eigenvalue weighted by molar-refractivity contribution is 0.660. The summed E-state index contributed by atoms with van der Waals surface area (Å²) < 4.78 is 2.39. The molecule has 0 saturated carbocycles. The molecule has 2 aliphatic carbocycles. The fourth-order valence-corrected chi connectivity index (χ4v) is 12.8. The Hall–Kier alpha value is -8.46. The first-order valence-corrected chi connectivity index (χ1v) is 25.1. The molecule has 0 amide bonds. The Morgan fingerprint density at radius 3 is 1.41 bits per heavy atom. The number of hydrogen-bond acceptors (Lipinski definition) is 1. The van der Waals surface area contributed by atoms with Crippen LogP contribution in [0.25, 0.3) is 93.5 Å². The molecule has 0 atom stereocenters. The van der Waals surface area contributed by atoms with Crippen molar-refractivity contribution in [1.29, 1.82) is 0 Å². The van der Waals surface area contributed by atoms with E-state index in [1.165, 1.54) is 116 Å². The maximum atomic E-state index is 2.51. The lowest BCUT2D eigenvalue weighted by Crippen LogP contribution is -2.16. The van der Waals surface area contributed by atoms with E-state index in [-0.39, 0.29) is 10.8 Å². The van der Waals surface area contributed by atoms with Gasteiger partial charge in [-0.2, -0.15) is 0 Å². The Kier molecular flexibility index (Phi) is 8.93.